The van der Waals surface area contributed by atoms with Crippen LogP contribution in [0.1, 0.15) is 5.56 Å². The van der Waals surface area contributed by atoms with E-state index >= 15 is 0 Å². The van der Waals surface area contributed by atoms with Crippen LogP contribution in [-0.2, 0) is 0 Å². The fraction of sp³-hybridized carbons (Fsp3) is 0. The number of hydrogen-bond donors (Lipinski definition) is 0. The first-order chi connectivity index (χ1) is 19.8. The zero-order chi connectivity index (χ0) is 26.9. The Balaban J connectivity index is 1.62. The van der Waals surface area contributed by atoms with Crippen molar-refractivity contribution in [2.24, 2.45) is 0 Å². The molecule has 0 saturated carbocycles. The monoisotopic (exact) mass is 527 g/mol. The molecule has 0 atom stereocenters. The lowest BCUT2D eigenvalue weighted by atomic mass is 10.0. The van der Waals surface area contributed by atoms with E-state index in [1.807, 2.05) is 24.3 Å². The van der Waals surface area contributed by atoms with Gasteiger partial charge in [0.2, 0.25) is 0 Å². The molecule has 3 heteroatoms. The second kappa shape index (κ2) is 9.85. The van der Waals surface area contributed by atoms with Crippen LogP contribution in [0.15, 0.2) is 156 Å². The van der Waals surface area contributed by atoms with Gasteiger partial charge in [0.1, 0.15) is 11.2 Å². The van der Waals surface area contributed by atoms with Gasteiger partial charge in [-0.25, -0.2) is 0 Å². The van der Waals surface area contributed by atoms with Crippen molar-refractivity contribution in [3.05, 3.63) is 157 Å². The average Bonchev–Trinajstić information content (AvgIpc) is 3.42. The van der Waals surface area contributed by atoms with Crippen LogP contribution in [0.2, 0.25) is 0 Å². The Morgan fingerprint density at radius 3 is 1.80 bits per heavy atom. The van der Waals surface area contributed by atoms with Crippen LogP contribution in [0.5, 0.6) is 0 Å². The van der Waals surface area contributed by atoms with E-state index in [0.717, 1.165) is 33.1 Å². The Bertz CT molecular complexity index is 1980. The number of benzene rings is 6. The summed E-state index contributed by atoms with van der Waals surface area (Å²) >= 11 is 0. The van der Waals surface area contributed by atoms with Gasteiger partial charge >= 0.3 is 0 Å². The summed E-state index contributed by atoms with van der Waals surface area (Å²) in [6, 6.07) is 55.7. The first-order valence-electron chi connectivity index (χ1n) is 13.4. The van der Waals surface area contributed by atoms with Crippen LogP contribution in [-0.4, -0.2) is 8.07 Å². The molecule has 0 N–H and O–H groups in total. The van der Waals surface area contributed by atoms with Gasteiger partial charge in [-0.1, -0.05) is 133 Å². The third kappa shape index (κ3) is 3.78. The summed E-state index contributed by atoms with van der Waals surface area (Å²) in [4.78, 5) is 0. The maximum atomic E-state index is 9.55. The maximum absolute atomic E-state index is 9.55. The Morgan fingerprint density at radius 1 is 0.500 bits per heavy atom. The highest BCUT2D eigenvalue weighted by molar-refractivity contribution is 7.20. The lowest BCUT2D eigenvalue weighted by Crippen LogP contribution is -2.74. The predicted molar refractivity (Wildman–Crippen MR) is 167 cm³/mol. The summed E-state index contributed by atoms with van der Waals surface area (Å²) in [5, 5.41) is 16.9. The number of fused-ring (bicyclic) bond motifs is 3. The third-order valence-electron chi connectivity index (χ3n) is 7.84. The normalized spacial score (nSPS) is 11.5. The molecule has 0 saturated heterocycles. The molecule has 2 nitrogen and oxygen atoms in total. The number of nitriles is 1. The fourth-order valence-corrected chi connectivity index (χ4v) is 11.0. The van der Waals surface area contributed by atoms with Crippen molar-refractivity contribution in [2.45, 2.75) is 0 Å². The molecule has 0 unspecified atom stereocenters. The Hall–Kier alpha value is -5.17. The zero-order valence-corrected chi connectivity index (χ0v) is 22.8. The standard InChI is InChI=1S/C37H25NOSi/c38-26-27-12-9-13-28(24-27)29-14-10-19-32(25-29)40(30-15-3-1-4-16-30,31-17-5-2-6-18-31)36-23-11-21-34-33-20-7-8-22-35(33)39-37(34)36/h1-25H. The first-order valence-corrected chi connectivity index (χ1v) is 15.4. The smallest absolute Gasteiger partial charge is 0.184 e. The molecule has 1 heterocycles. The van der Waals surface area contributed by atoms with Gasteiger partial charge in [0.25, 0.3) is 0 Å². The molecule has 7 aromatic rings. The van der Waals surface area contributed by atoms with Gasteiger partial charge in [0.05, 0.1) is 11.6 Å². The minimum Gasteiger partial charge on any atom is -0.456 e. The predicted octanol–water partition coefficient (Wildman–Crippen LogP) is 6.50. The molecule has 0 bridgehead atoms. The summed E-state index contributed by atoms with van der Waals surface area (Å²) in [5.74, 6) is 0. The van der Waals surface area contributed by atoms with Crippen LogP contribution in [0.3, 0.4) is 0 Å². The molecule has 0 amide bonds. The molecule has 0 radical (unpaired) electrons. The summed E-state index contributed by atoms with van der Waals surface area (Å²) in [6.45, 7) is 0. The summed E-state index contributed by atoms with van der Waals surface area (Å²) in [6.07, 6.45) is 0. The molecule has 1 aromatic heterocycles. The molecule has 7 rings (SSSR count). The Labute approximate surface area is 234 Å². The molecule has 0 aliphatic carbocycles. The van der Waals surface area contributed by atoms with Crippen molar-refractivity contribution in [3.8, 4) is 17.2 Å². The van der Waals surface area contributed by atoms with E-state index in [0.29, 0.717) is 5.56 Å². The molecule has 188 valence electrons. The van der Waals surface area contributed by atoms with Crippen molar-refractivity contribution >= 4 is 50.8 Å². The quantitative estimate of drug-likeness (QED) is 0.189. The van der Waals surface area contributed by atoms with E-state index in [1.54, 1.807) is 0 Å². The molecular formula is C37H25NOSi. The highest BCUT2D eigenvalue weighted by Crippen LogP contribution is 2.29. The van der Waals surface area contributed by atoms with Crippen LogP contribution in [0.4, 0.5) is 0 Å². The van der Waals surface area contributed by atoms with Gasteiger partial charge < -0.3 is 4.42 Å². The van der Waals surface area contributed by atoms with Crippen molar-refractivity contribution < 1.29 is 4.42 Å². The summed E-state index contributed by atoms with van der Waals surface area (Å²) in [5.41, 5.74) is 4.63. The van der Waals surface area contributed by atoms with Crippen LogP contribution in [0, 0.1) is 11.3 Å². The van der Waals surface area contributed by atoms with Crippen LogP contribution < -0.4 is 20.7 Å². The minimum atomic E-state index is -2.87. The highest BCUT2D eigenvalue weighted by atomic mass is 28.3. The largest absolute Gasteiger partial charge is 0.456 e. The molecule has 0 fully saturated rings. The second-order valence-corrected chi connectivity index (χ2v) is 13.8. The van der Waals surface area contributed by atoms with Crippen LogP contribution in [0.25, 0.3) is 33.1 Å². The maximum Gasteiger partial charge on any atom is 0.184 e. The van der Waals surface area contributed by atoms with E-state index in [2.05, 4.69) is 133 Å². The summed E-state index contributed by atoms with van der Waals surface area (Å²) in [7, 11) is -2.87. The van der Waals surface area contributed by atoms with E-state index in [-0.39, 0.29) is 0 Å². The van der Waals surface area contributed by atoms with Gasteiger partial charge in [0.15, 0.2) is 8.07 Å². The second-order valence-electron chi connectivity index (χ2n) is 10.0. The first kappa shape index (κ1) is 23.9. The molecule has 0 spiro atoms. The lowest BCUT2D eigenvalue weighted by Gasteiger charge is -2.34. The fourth-order valence-electron chi connectivity index (χ4n) is 6.09. The topological polar surface area (TPSA) is 36.9 Å². The van der Waals surface area contributed by atoms with Crippen molar-refractivity contribution in [1.82, 2.24) is 0 Å². The number of para-hydroxylation sites is 2. The third-order valence-corrected chi connectivity index (χ3v) is 12.6. The SMILES string of the molecule is N#Cc1cccc(-c2cccc([Si](c3ccccc3)(c3ccccc3)c3cccc4c3oc3ccccc34)c2)c1. The van der Waals surface area contributed by atoms with Gasteiger partial charge in [-0.15, -0.1) is 0 Å². The van der Waals surface area contributed by atoms with Crippen molar-refractivity contribution in [2.75, 3.05) is 0 Å². The van der Waals surface area contributed by atoms with Crippen molar-refractivity contribution in [3.63, 3.8) is 0 Å². The molecule has 0 aliphatic rings. The van der Waals surface area contributed by atoms with Crippen molar-refractivity contribution in [1.29, 1.82) is 5.26 Å². The Kier molecular flexibility index (Phi) is 5.89. The number of hydrogen-bond acceptors (Lipinski definition) is 2. The highest BCUT2D eigenvalue weighted by Gasteiger charge is 2.43. The van der Waals surface area contributed by atoms with Gasteiger partial charge in [-0.3, -0.25) is 0 Å². The zero-order valence-electron chi connectivity index (χ0n) is 21.8. The average molecular weight is 528 g/mol. The number of furan rings is 1. The van der Waals surface area contributed by atoms with Gasteiger partial charge in [0, 0.05) is 10.8 Å². The molecule has 6 aromatic carbocycles. The van der Waals surface area contributed by atoms with E-state index in [4.69, 9.17) is 4.42 Å². The number of nitrogens with zero attached hydrogens (tertiary/aromatic N) is 1. The van der Waals surface area contributed by atoms with E-state index in [1.165, 1.54) is 20.7 Å². The van der Waals surface area contributed by atoms with E-state index < -0.39 is 8.07 Å². The van der Waals surface area contributed by atoms with E-state index in [9.17, 15) is 5.26 Å². The molecular weight excluding hydrogens is 502 g/mol. The lowest BCUT2D eigenvalue weighted by molar-refractivity contribution is 0.671. The van der Waals surface area contributed by atoms with Gasteiger partial charge in [-0.2, -0.15) is 5.26 Å². The Morgan fingerprint density at radius 2 is 1.07 bits per heavy atom. The van der Waals surface area contributed by atoms with Gasteiger partial charge in [-0.05, 0) is 50.1 Å². The minimum absolute atomic E-state index is 0.657. The molecule has 40 heavy (non-hydrogen) atoms. The van der Waals surface area contributed by atoms with Crippen LogP contribution >= 0.6 is 0 Å². The summed E-state index contributed by atoms with van der Waals surface area (Å²) < 4.78 is 6.70. The number of rotatable bonds is 5. The molecule has 0 aliphatic heterocycles.